The van der Waals surface area contributed by atoms with Crippen molar-refractivity contribution >= 4 is 11.6 Å². The Morgan fingerprint density at radius 1 is 1.16 bits per heavy atom. The summed E-state index contributed by atoms with van der Waals surface area (Å²) in [6, 6.07) is 13.3. The molecule has 2 aromatic heterocycles. The number of imidazole rings is 1. The minimum Gasteiger partial charge on any atom is -0.478 e. The van der Waals surface area contributed by atoms with Gasteiger partial charge in [0, 0.05) is 18.8 Å². The van der Waals surface area contributed by atoms with E-state index in [1.165, 1.54) is 0 Å². The van der Waals surface area contributed by atoms with Crippen LogP contribution < -0.4 is 0 Å². The van der Waals surface area contributed by atoms with Gasteiger partial charge in [-0.25, -0.2) is 9.78 Å². The number of carboxylic acids is 1. The summed E-state index contributed by atoms with van der Waals surface area (Å²) in [5.74, 6) is -0.956. The molecule has 3 aromatic rings. The van der Waals surface area contributed by atoms with Crippen LogP contribution in [-0.2, 0) is 6.42 Å². The van der Waals surface area contributed by atoms with Gasteiger partial charge in [0.25, 0.3) is 0 Å². The van der Waals surface area contributed by atoms with Crippen LogP contribution in [0.1, 0.15) is 21.6 Å². The highest BCUT2D eigenvalue weighted by molar-refractivity contribution is 5.94. The molecule has 19 heavy (non-hydrogen) atoms. The highest BCUT2D eigenvalue weighted by Gasteiger charge is 2.11. The summed E-state index contributed by atoms with van der Waals surface area (Å²) in [5, 5.41) is 9.13. The fourth-order valence-corrected chi connectivity index (χ4v) is 2.12. The molecule has 1 aromatic carbocycles. The van der Waals surface area contributed by atoms with Gasteiger partial charge in [-0.05, 0) is 17.7 Å². The predicted octanol–water partition coefficient (Wildman–Crippen LogP) is 2.62. The first-order valence-corrected chi connectivity index (χ1v) is 5.98. The molecule has 2 heterocycles. The summed E-state index contributed by atoms with van der Waals surface area (Å²) in [6.45, 7) is 0. The highest BCUT2D eigenvalue weighted by Crippen LogP contribution is 2.14. The zero-order valence-electron chi connectivity index (χ0n) is 10.2. The number of rotatable bonds is 3. The van der Waals surface area contributed by atoms with E-state index in [4.69, 9.17) is 5.11 Å². The van der Waals surface area contributed by atoms with Gasteiger partial charge in [0.1, 0.15) is 5.56 Å². The first-order chi connectivity index (χ1) is 9.24. The number of aromatic nitrogens is 2. The Labute approximate surface area is 110 Å². The number of benzene rings is 1. The third kappa shape index (κ3) is 2.20. The normalized spacial score (nSPS) is 10.7. The fourth-order valence-electron chi connectivity index (χ4n) is 2.12. The van der Waals surface area contributed by atoms with Gasteiger partial charge in [0.2, 0.25) is 0 Å². The lowest BCUT2D eigenvalue weighted by molar-refractivity contribution is 0.0698. The molecule has 0 bridgehead atoms. The van der Waals surface area contributed by atoms with Crippen molar-refractivity contribution in [2.75, 3.05) is 0 Å². The van der Waals surface area contributed by atoms with Gasteiger partial charge in [-0.3, -0.25) is 0 Å². The molecule has 0 aliphatic heterocycles. The number of hydrogen-bond donors (Lipinski definition) is 1. The van der Waals surface area contributed by atoms with E-state index < -0.39 is 5.97 Å². The number of nitrogens with zero attached hydrogens (tertiary/aromatic N) is 2. The van der Waals surface area contributed by atoms with Crippen molar-refractivity contribution in [2.45, 2.75) is 6.42 Å². The van der Waals surface area contributed by atoms with Crippen LogP contribution in [0.25, 0.3) is 5.65 Å². The van der Waals surface area contributed by atoms with E-state index in [1.54, 1.807) is 16.5 Å². The largest absolute Gasteiger partial charge is 0.478 e. The van der Waals surface area contributed by atoms with E-state index in [9.17, 15) is 4.79 Å². The maximum absolute atomic E-state index is 11.1. The topological polar surface area (TPSA) is 54.6 Å². The second-order valence-corrected chi connectivity index (χ2v) is 4.35. The van der Waals surface area contributed by atoms with Crippen LogP contribution in [-0.4, -0.2) is 20.5 Å². The van der Waals surface area contributed by atoms with E-state index in [-0.39, 0.29) is 5.56 Å². The Hall–Kier alpha value is -2.62. The second kappa shape index (κ2) is 4.57. The van der Waals surface area contributed by atoms with E-state index in [0.717, 1.165) is 11.3 Å². The molecule has 4 heteroatoms. The minimum absolute atomic E-state index is 0.224. The summed E-state index contributed by atoms with van der Waals surface area (Å²) in [4.78, 5) is 15.5. The Bertz CT molecular complexity index is 732. The molecule has 0 radical (unpaired) electrons. The lowest BCUT2D eigenvalue weighted by Gasteiger charge is -1.96. The molecular weight excluding hydrogens is 240 g/mol. The SMILES string of the molecule is O=C(O)c1cccn2cc(Cc3ccccc3)nc12. The van der Waals surface area contributed by atoms with E-state index in [2.05, 4.69) is 4.98 Å². The Balaban J connectivity index is 2.03. The van der Waals surface area contributed by atoms with Crippen molar-refractivity contribution in [3.05, 3.63) is 71.7 Å². The lowest BCUT2D eigenvalue weighted by Crippen LogP contribution is -1.99. The van der Waals surface area contributed by atoms with Gasteiger partial charge in [-0.1, -0.05) is 30.3 Å². The molecule has 4 nitrogen and oxygen atoms in total. The maximum atomic E-state index is 11.1. The van der Waals surface area contributed by atoms with Gasteiger partial charge in [-0.2, -0.15) is 0 Å². The summed E-state index contributed by atoms with van der Waals surface area (Å²) >= 11 is 0. The first-order valence-electron chi connectivity index (χ1n) is 5.98. The monoisotopic (exact) mass is 252 g/mol. The average molecular weight is 252 g/mol. The van der Waals surface area contributed by atoms with E-state index in [1.807, 2.05) is 42.7 Å². The van der Waals surface area contributed by atoms with Crippen molar-refractivity contribution < 1.29 is 9.90 Å². The van der Waals surface area contributed by atoms with Crippen LogP contribution >= 0.6 is 0 Å². The molecule has 0 aliphatic rings. The highest BCUT2D eigenvalue weighted by atomic mass is 16.4. The molecule has 0 spiro atoms. The van der Waals surface area contributed by atoms with Gasteiger partial charge >= 0.3 is 5.97 Å². The Morgan fingerprint density at radius 2 is 1.95 bits per heavy atom. The third-order valence-electron chi connectivity index (χ3n) is 2.99. The number of hydrogen-bond acceptors (Lipinski definition) is 2. The molecule has 0 saturated heterocycles. The number of pyridine rings is 1. The second-order valence-electron chi connectivity index (χ2n) is 4.35. The van der Waals surface area contributed by atoms with Crippen LogP contribution in [0.15, 0.2) is 54.9 Å². The molecule has 94 valence electrons. The average Bonchev–Trinajstić information content (AvgIpc) is 2.81. The van der Waals surface area contributed by atoms with Crippen LogP contribution in [0.5, 0.6) is 0 Å². The van der Waals surface area contributed by atoms with Crippen LogP contribution in [0.4, 0.5) is 0 Å². The third-order valence-corrected chi connectivity index (χ3v) is 2.99. The maximum Gasteiger partial charge on any atom is 0.339 e. The molecule has 0 fully saturated rings. The van der Waals surface area contributed by atoms with Crippen molar-refractivity contribution in [1.82, 2.24) is 9.38 Å². The zero-order valence-corrected chi connectivity index (χ0v) is 10.2. The van der Waals surface area contributed by atoms with Crippen LogP contribution in [0, 0.1) is 0 Å². The molecule has 1 N–H and O–H groups in total. The van der Waals surface area contributed by atoms with Crippen LogP contribution in [0.2, 0.25) is 0 Å². The predicted molar refractivity (Wildman–Crippen MR) is 71.4 cm³/mol. The molecule has 0 atom stereocenters. The van der Waals surface area contributed by atoms with Crippen molar-refractivity contribution in [3.8, 4) is 0 Å². The lowest BCUT2D eigenvalue weighted by atomic mass is 10.1. The molecular formula is C15H12N2O2. The van der Waals surface area contributed by atoms with Crippen LogP contribution in [0.3, 0.4) is 0 Å². The van der Waals surface area contributed by atoms with Gasteiger partial charge in [-0.15, -0.1) is 0 Å². The van der Waals surface area contributed by atoms with Gasteiger partial charge in [0.05, 0.1) is 5.69 Å². The molecule has 0 aliphatic carbocycles. The molecule has 3 rings (SSSR count). The number of aromatic carboxylic acids is 1. The number of carboxylic acid groups (broad SMARTS) is 1. The molecule has 0 saturated carbocycles. The van der Waals surface area contributed by atoms with Crippen molar-refractivity contribution in [1.29, 1.82) is 0 Å². The molecule has 0 unspecified atom stereocenters. The van der Waals surface area contributed by atoms with Crippen molar-refractivity contribution in [2.24, 2.45) is 0 Å². The Morgan fingerprint density at radius 3 is 2.68 bits per heavy atom. The summed E-state index contributed by atoms with van der Waals surface area (Å²) in [6.07, 6.45) is 4.37. The summed E-state index contributed by atoms with van der Waals surface area (Å²) in [5.41, 5.74) is 2.73. The summed E-state index contributed by atoms with van der Waals surface area (Å²) in [7, 11) is 0. The quantitative estimate of drug-likeness (QED) is 0.779. The standard InChI is InChI=1S/C15H12N2O2/c18-15(19)13-7-4-8-17-10-12(16-14(13)17)9-11-5-2-1-3-6-11/h1-8,10H,9H2,(H,18,19). The zero-order chi connectivity index (χ0) is 13.2. The minimum atomic E-state index is -0.956. The first kappa shape index (κ1) is 11.5. The summed E-state index contributed by atoms with van der Waals surface area (Å²) < 4.78 is 1.75. The van der Waals surface area contributed by atoms with Gasteiger partial charge in [0.15, 0.2) is 5.65 Å². The Kier molecular flexibility index (Phi) is 2.76. The van der Waals surface area contributed by atoms with Gasteiger partial charge < -0.3 is 9.51 Å². The number of fused-ring (bicyclic) bond motifs is 1. The smallest absolute Gasteiger partial charge is 0.339 e. The van der Waals surface area contributed by atoms with Crippen molar-refractivity contribution in [3.63, 3.8) is 0 Å². The number of carbonyl (C=O) groups is 1. The van der Waals surface area contributed by atoms with E-state index in [0.29, 0.717) is 12.1 Å². The molecule has 0 amide bonds. The fraction of sp³-hybridized carbons (Fsp3) is 0.0667. The van der Waals surface area contributed by atoms with E-state index >= 15 is 0 Å².